The lowest BCUT2D eigenvalue weighted by molar-refractivity contribution is 0.419. The maximum absolute atomic E-state index is 4.47. The molecule has 2 unspecified atom stereocenters. The fourth-order valence-corrected chi connectivity index (χ4v) is 2.59. The maximum atomic E-state index is 4.47. The Kier molecular flexibility index (Phi) is 3.64. The van der Waals surface area contributed by atoms with Crippen molar-refractivity contribution in [1.29, 1.82) is 0 Å². The van der Waals surface area contributed by atoms with Gasteiger partial charge in [-0.25, -0.2) is 0 Å². The van der Waals surface area contributed by atoms with Crippen LogP contribution in [0.15, 0.2) is 6.07 Å². The molecular formula is C13H23N3. The van der Waals surface area contributed by atoms with Crippen LogP contribution in [0.3, 0.4) is 0 Å². The van der Waals surface area contributed by atoms with Crippen LogP contribution in [0.4, 0.5) is 0 Å². The van der Waals surface area contributed by atoms with Crippen LogP contribution in [0, 0.1) is 5.92 Å². The molecular weight excluding hydrogens is 198 g/mol. The minimum atomic E-state index is 0.708. The average molecular weight is 221 g/mol. The number of aromatic nitrogens is 2. The highest BCUT2D eigenvalue weighted by atomic mass is 15.3. The van der Waals surface area contributed by atoms with Crippen molar-refractivity contribution in [2.24, 2.45) is 13.0 Å². The summed E-state index contributed by atoms with van der Waals surface area (Å²) < 4.78 is 2.01. The Morgan fingerprint density at radius 2 is 2.31 bits per heavy atom. The Balaban J connectivity index is 1.91. The average Bonchev–Trinajstić information content (AvgIpc) is 2.82. The Labute approximate surface area is 98.2 Å². The third kappa shape index (κ3) is 2.46. The fourth-order valence-electron chi connectivity index (χ4n) is 2.59. The monoisotopic (exact) mass is 221 g/mol. The summed E-state index contributed by atoms with van der Waals surface area (Å²) in [7, 11) is 2.04. The van der Waals surface area contributed by atoms with Crippen LogP contribution in [0.5, 0.6) is 0 Å². The molecule has 1 saturated carbocycles. The summed E-state index contributed by atoms with van der Waals surface area (Å²) in [5.74, 6) is 0.832. The van der Waals surface area contributed by atoms with Crippen LogP contribution in [-0.2, 0) is 20.0 Å². The number of rotatable bonds is 4. The molecule has 90 valence electrons. The third-order valence-corrected chi connectivity index (χ3v) is 3.80. The van der Waals surface area contributed by atoms with E-state index >= 15 is 0 Å². The molecule has 1 N–H and O–H groups in total. The predicted molar refractivity (Wildman–Crippen MR) is 66.2 cm³/mol. The number of nitrogens with one attached hydrogen (secondary N) is 1. The molecule has 1 aliphatic carbocycles. The van der Waals surface area contributed by atoms with Gasteiger partial charge in [-0.2, -0.15) is 5.10 Å². The molecule has 0 aromatic carbocycles. The van der Waals surface area contributed by atoms with Crippen molar-refractivity contribution < 1.29 is 0 Å². The zero-order valence-electron chi connectivity index (χ0n) is 10.7. The van der Waals surface area contributed by atoms with Crippen molar-refractivity contribution in [3.63, 3.8) is 0 Å². The molecule has 0 bridgehead atoms. The van der Waals surface area contributed by atoms with Crippen LogP contribution in [0.2, 0.25) is 0 Å². The molecule has 2 rings (SSSR count). The summed E-state index contributed by atoms with van der Waals surface area (Å²) in [5.41, 5.74) is 2.50. The normalized spacial score (nSPS) is 25.2. The second-order valence-corrected chi connectivity index (χ2v) is 5.00. The van der Waals surface area contributed by atoms with E-state index in [0.717, 1.165) is 18.9 Å². The molecule has 16 heavy (non-hydrogen) atoms. The highest BCUT2D eigenvalue weighted by Crippen LogP contribution is 2.25. The Hall–Kier alpha value is -0.830. The first-order chi connectivity index (χ1) is 7.70. The van der Waals surface area contributed by atoms with E-state index in [0.29, 0.717) is 6.04 Å². The molecule has 0 saturated heterocycles. The summed E-state index contributed by atoms with van der Waals surface area (Å²) in [6, 6.07) is 2.92. The molecule has 3 nitrogen and oxygen atoms in total. The first-order valence-electron chi connectivity index (χ1n) is 6.46. The Bertz CT molecular complexity index is 343. The standard InChI is InChI=1S/C13H23N3/c1-4-11-8-12(16(3)15-11)9-14-13-7-5-6-10(13)2/h8,10,13-14H,4-7,9H2,1-3H3. The third-order valence-electron chi connectivity index (χ3n) is 3.80. The van der Waals surface area contributed by atoms with E-state index in [2.05, 4.69) is 30.3 Å². The molecule has 3 heteroatoms. The van der Waals surface area contributed by atoms with E-state index in [-0.39, 0.29) is 0 Å². The summed E-state index contributed by atoms with van der Waals surface area (Å²) in [6.07, 6.45) is 5.11. The second kappa shape index (κ2) is 5.00. The molecule has 1 aromatic rings. The topological polar surface area (TPSA) is 29.9 Å². The molecule has 1 heterocycles. The quantitative estimate of drug-likeness (QED) is 0.845. The number of hydrogen-bond donors (Lipinski definition) is 1. The van der Waals surface area contributed by atoms with Gasteiger partial charge in [-0.05, 0) is 31.2 Å². The summed E-state index contributed by atoms with van der Waals surface area (Å²) in [6.45, 7) is 5.46. The molecule has 1 aliphatic rings. The summed E-state index contributed by atoms with van der Waals surface area (Å²) >= 11 is 0. The van der Waals surface area contributed by atoms with Crippen LogP contribution in [0.1, 0.15) is 44.5 Å². The Morgan fingerprint density at radius 3 is 2.88 bits per heavy atom. The van der Waals surface area contributed by atoms with Crippen molar-refractivity contribution in [1.82, 2.24) is 15.1 Å². The lowest BCUT2D eigenvalue weighted by Crippen LogP contribution is -2.31. The van der Waals surface area contributed by atoms with Gasteiger partial charge in [0.15, 0.2) is 0 Å². The number of hydrogen-bond acceptors (Lipinski definition) is 2. The van der Waals surface area contributed by atoms with E-state index in [9.17, 15) is 0 Å². The molecule has 0 amide bonds. The SMILES string of the molecule is CCc1cc(CNC2CCCC2C)n(C)n1. The largest absolute Gasteiger partial charge is 0.308 e. The first kappa shape index (κ1) is 11.6. The number of nitrogens with zero attached hydrogens (tertiary/aromatic N) is 2. The van der Waals surface area contributed by atoms with Gasteiger partial charge in [0.05, 0.1) is 11.4 Å². The van der Waals surface area contributed by atoms with Crippen molar-refractivity contribution in [2.45, 2.75) is 52.1 Å². The highest BCUT2D eigenvalue weighted by Gasteiger charge is 2.22. The van der Waals surface area contributed by atoms with Gasteiger partial charge in [-0.3, -0.25) is 4.68 Å². The van der Waals surface area contributed by atoms with Crippen molar-refractivity contribution in [3.8, 4) is 0 Å². The van der Waals surface area contributed by atoms with Gasteiger partial charge in [-0.15, -0.1) is 0 Å². The fraction of sp³-hybridized carbons (Fsp3) is 0.769. The first-order valence-corrected chi connectivity index (χ1v) is 6.46. The van der Waals surface area contributed by atoms with E-state index < -0.39 is 0 Å². The van der Waals surface area contributed by atoms with E-state index in [1.165, 1.54) is 30.7 Å². The van der Waals surface area contributed by atoms with Crippen LogP contribution in [0.25, 0.3) is 0 Å². The van der Waals surface area contributed by atoms with Gasteiger partial charge in [0.1, 0.15) is 0 Å². The Morgan fingerprint density at radius 1 is 1.50 bits per heavy atom. The summed E-state index contributed by atoms with van der Waals surface area (Å²) in [4.78, 5) is 0. The van der Waals surface area contributed by atoms with E-state index in [4.69, 9.17) is 0 Å². The highest BCUT2D eigenvalue weighted by molar-refractivity contribution is 5.10. The molecule has 0 spiro atoms. The minimum Gasteiger partial charge on any atom is -0.308 e. The van der Waals surface area contributed by atoms with Crippen molar-refractivity contribution in [3.05, 3.63) is 17.5 Å². The number of aryl methyl sites for hydroxylation is 2. The second-order valence-electron chi connectivity index (χ2n) is 5.00. The smallest absolute Gasteiger partial charge is 0.0625 e. The van der Waals surface area contributed by atoms with Gasteiger partial charge in [0.25, 0.3) is 0 Å². The molecule has 1 fully saturated rings. The maximum Gasteiger partial charge on any atom is 0.0625 e. The van der Waals surface area contributed by atoms with Gasteiger partial charge in [0.2, 0.25) is 0 Å². The van der Waals surface area contributed by atoms with Crippen molar-refractivity contribution in [2.75, 3.05) is 0 Å². The molecule has 2 atom stereocenters. The lowest BCUT2D eigenvalue weighted by Gasteiger charge is -2.17. The molecule has 1 aromatic heterocycles. The van der Waals surface area contributed by atoms with Crippen LogP contribution >= 0.6 is 0 Å². The van der Waals surface area contributed by atoms with Gasteiger partial charge < -0.3 is 5.32 Å². The van der Waals surface area contributed by atoms with Crippen molar-refractivity contribution >= 4 is 0 Å². The van der Waals surface area contributed by atoms with Crippen LogP contribution < -0.4 is 5.32 Å². The molecule has 0 aliphatic heterocycles. The summed E-state index contributed by atoms with van der Waals surface area (Å²) in [5, 5.41) is 8.14. The predicted octanol–water partition coefficient (Wildman–Crippen LogP) is 2.26. The zero-order chi connectivity index (χ0) is 11.5. The lowest BCUT2D eigenvalue weighted by atomic mass is 10.1. The zero-order valence-corrected chi connectivity index (χ0v) is 10.7. The van der Waals surface area contributed by atoms with Gasteiger partial charge >= 0.3 is 0 Å². The van der Waals surface area contributed by atoms with Gasteiger partial charge in [-0.1, -0.05) is 20.3 Å². The van der Waals surface area contributed by atoms with Crippen LogP contribution in [-0.4, -0.2) is 15.8 Å². The molecule has 0 radical (unpaired) electrons. The van der Waals surface area contributed by atoms with E-state index in [1.54, 1.807) is 0 Å². The minimum absolute atomic E-state index is 0.708. The van der Waals surface area contributed by atoms with Gasteiger partial charge in [0, 0.05) is 19.6 Å². The van der Waals surface area contributed by atoms with E-state index in [1.807, 2.05) is 11.7 Å².